The van der Waals surface area contributed by atoms with Crippen molar-refractivity contribution in [3.05, 3.63) is 35.9 Å². The molecule has 1 amide bonds. The smallest absolute Gasteiger partial charge is 0.236 e. The van der Waals surface area contributed by atoms with Crippen molar-refractivity contribution in [3.63, 3.8) is 0 Å². The van der Waals surface area contributed by atoms with Crippen LogP contribution in [-0.4, -0.2) is 30.5 Å². The maximum Gasteiger partial charge on any atom is 0.236 e. The largest absolute Gasteiger partial charge is 0.354 e. The van der Waals surface area contributed by atoms with E-state index in [1.807, 2.05) is 12.3 Å². The second kappa shape index (κ2) is 9.90. The quantitative estimate of drug-likeness (QED) is 0.695. The SMILES string of the molecule is CSCC[C@H](N)C(=O)NCC(C)(C)CCCc1ccccc1. The summed E-state index contributed by atoms with van der Waals surface area (Å²) in [5.74, 6) is 0.903. The van der Waals surface area contributed by atoms with Crippen LogP contribution in [0.4, 0.5) is 0 Å². The van der Waals surface area contributed by atoms with Crippen LogP contribution in [0.1, 0.15) is 38.7 Å². The Morgan fingerprint density at radius 1 is 1.32 bits per heavy atom. The molecule has 0 spiro atoms. The number of nitrogens with two attached hydrogens (primary N) is 1. The molecule has 22 heavy (non-hydrogen) atoms. The van der Waals surface area contributed by atoms with E-state index in [0.717, 1.165) is 31.4 Å². The van der Waals surface area contributed by atoms with Gasteiger partial charge in [0.1, 0.15) is 0 Å². The van der Waals surface area contributed by atoms with Gasteiger partial charge in [-0.25, -0.2) is 0 Å². The summed E-state index contributed by atoms with van der Waals surface area (Å²) in [6.45, 7) is 5.09. The van der Waals surface area contributed by atoms with Gasteiger partial charge in [0.15, 0.2) is 0 Å². The molecule has 0 saturated carbocycles. The fourth-order valence-corrected chi connectivity index (χ4v) is 2.83. The molecular weight excluding hydrogens is 292 g/mol. The van der Waals surface area contributed by atoms with Crippen LogP contribution in [0.5, 0.6) is 0 Å². The zero-order valence-electron chi connectivity index (χ0n) is 14.1. The van der Waals surface area contributed by atoms with Gasteiger partial charge in [-0.05, 0) is 48.7 Å². The Bertz CT molecular complexity index is 434. The number of benzene rings is 1. The predicted octanol–water partition coefficient (Wildman–Crippen LogP) is 3.23. The Morgan fingerprint density at radius 3 is 2.64 bits per heavy atom. The molecule has 1 aromatic carbocycles. The number of aryl methyl sites for hydroxylation is 1. The van der Waals surface area contributed by atoms with E-state index in [2.05, 4.69) is 43.4 Å². The number of rotatable bonds is 10. The maximum absolute atomic E-state index is 11.9. The minimum absolute atomic E-state index is 0.0230. The molecule has 3 N–H and O–H groups in total. The van der Waals surface area contributed by atoms with Gasteiger partial charge < -0.3 is 11.1 Å². The number of nitrogens with one attached hydrogen (secondary N) is 1. The van der Waals surface area contributed by atoms with Crippen molar-refractivity contribution in [2.45, 2.75) is 45.6 Å². The molecule has 1 rings (SSSR count). The molecule has 0 fully saturated rings. The van der Waals surface area contributed by atoms with Crippen LogP contribution in [-0.2, 0) is 11.2 Å². The maximum atomic E-state index is 11.9. The molecule has 3 nitrogen and oxygen atoms in total. The van der Waals surface area contributed by atoms with Crippen LogP contribution in [0.2, 0.25) is 0 Å². The van der Waals surface area contributed by atoms with E-state index in [-0.39, 0.29) is 17.4 Å². The molecular formula is C18H30N2OS. The molecule has 1 atom stereocenters. The average Bonchev–Trinajstić information content (AvgIpc) is 2.51. The van der Waals surface area contributed by atoms with Crippen molar-refractivity contribution in [3.8, 4) is 0 Å². The Hall–Kier alpha value is -1.00. The van der Waals surface area contributed by atoms with Gasteiger partial charge in [-0.15, -0.1) is 0 Å². The second-order valence-corrected chi connectivity index (χ2v) is 7.59. The van der Waals surface area contributed by atoms with Crippen LogP contribution in [0.3, 0.4) is 0 Å². The van der Waals surface area contributed by atoms with Gasteiger partial charge in [0.2, 0.25) is 5.91 Å². The van der Waals surface area contributed by atoms with Gasteiger partial charge in [-0.1, -0.05) is 44.2 Å². The van der Waals surface area contributed by atoms with Crippen molar-refractivity contribution in [2.75, 3.05) is 18.6 Å². The Kier molecular flexibility index (Phi) is 8.57. The molecule has 0 saturated heterocycles. The summed E-state index contributed by atoms with van der Waals surface area (Å²) in [5, 5.41) is 3.01. The zero-order valence-corrected chi connectivity index (χ0v) is 14.9. The molecule has 0 aliphatic rings. The van der Waals surface area contributed by atoms with E-state index in [1.165, 1.54) is 5.56 Å². The van der Waals surface area contributed by atoms with Crippen molar-refractivity contribution in [1.82, 2.24) is 5.32 Å². The van der Waals surface area contributed by atoms with Crippen LogP contribution in [0.25, 0.3) is 0 Å². The molecule has 0 bridgehead atoms. The van der Waals surface area contributed by atoms with Gasteiger partial charge in [-0.2, -0.15) is 11.8 Å². The average molecular weight is 323 g/mol. The molecule has 0 aliphatic heterocycles. The molecule has 0 aromatic heterocycles. The third-order valence-corrected chi connectivity index (χ3v) is 4.52. The van der Waals surface area contributed by atoms with Crippen molar-refractivity contribution >= 4 is 17.7 Å². The summed E-state index contributed by atoms with van der Waals surface area (Å²) in [6.07, 6.45) is 6.07. The number of amides is 1. The highest BCUT2D eigenvalue weighted by atomic mass is 32.2. The first-order valence-electron chi connectivity index (χ1n) is 8.01. The number of hydrogen-bond donors (Lipinski definition) is 2. The summed E-state index contributed by atoms with van der Waals surface area (Å²) < 4.78 is 0. The molecule has 124 valence electrons. The molecule has 4 heteroatoms. The lowest BCUT2D eigenvalue weighted by Gasteiger charge is -2.26. The topological polar surface area (TPSA) is 55.1 Å². The lowest BCUT2D eigenvalue weighted by atomic mass is 9.86. The lowest BCUT2D eigenvalue weighted by molar-refractivity contribution is -0.122. The Labute approximate surface area is 139 Å². The van der Waals surface area contributed by atoms with Crippen molar-refractivity contribution in [2.24, 2.45) is 11.1 Å². The van der Waals surface area contributed by atoms with E-state index in [1.54, 1.807) is 11.8 Å². The van der Waals surface area contributed by atoms with Gasteiger partial charge in [0.05, 0.1) is 6.04 Å². The normalized spacial score (nSPS) is 12.9. The monoisotopic (exact) mass is 322 g/mol. The predicted molar refractivity (Wildman–Crippen MR) is 97.1 cm³/mol. The Morgan fingerprint density at radius 2 is 2.00 bits per heavy atom. The van der Waals surface area contributed by atoms with E-state index >= 15 is 0 Å². The lowest BCUT2D eigenvalue weighted by Crippen LogP contribution is -2.44. The summed E-state index contributed by atoms with van der Waals surface area (Å²) in [4.78, 5) is 11.9. The van der Waals surface area contributed by atoms with E-state index in [0.29, 0.717) is 6.54 Å². The van der Waals surface area contributed by atoms with E-state index in [9.17, 15) is 4.79 Å². The number of carbonyl (C=O) groups excluding carboxylic acids is 1. The fraction of sp³-hybridized carbons (Fsp3) is 0.611. The van der Waals surface area contributed by atoms with Gasteiger partial charge in [-0.3, -0.25) is 4.79 Å². The first-order valence-corrected chi connectivity index (χ1v) is 9.40. The summed E-state index contributed by atoms with van der Waals surface area (Å²) >= 11 is 1.72. The molecule has 0 heterocycles. The highest BCUT2D eigenvalue weighted by Crippen LogP contribution is 2.22. The minimum atomic E-state index is -0.382. The van der Waals surface area contributed by atoms with Gasteiger partial charge in [0, 0.05) is 6.54 Å². The van der Waals surface area contributed by atoms with Crippen molar-refractivity contribution in [1.29, 1.82) is 0 Å². The van der Waals surface area contributed by atoms with Crippen LogP contribution in [0.15, 0.2) is 30.3 Å². The number of carbonyl (C=O) groups is 1. The number of hydrogen-bond acceptors (Lipinski definition) is 3. The van der Waals surface area contributed by atoms with Crippen molar-refractivity contribution < 1.29 is 4.79 Å². The Balaban J connectivity index is 2.26. The van der Waals surface area contributed by atoms with Crippen LogP contribution >= 0.6 is 11.8 Å². The minimum Gasteiger partial charge on any atom is -0.354 e. The molecule has 0 radical (unpaired) electrons. The first kappa shape index (κ1) is 19.0. The zero-order chi connectivity index (χ0) is 16.4. The fourth-order valence-electron chi connectivity index (χ4n) is 2.34. The third-order valence-electron chi connectivity index (χ3n) is 3.87. The highest BCUT2D eigenvalue weighted by Gasteiger charge is 2.20. The summed E-state index contributed by atoms with van der Waals surface area (Å²) in [5.41, 5.74) is 7.36. The highest BCUT2D eigenvalue weighted by molar-refractivity contribution is 7.98. The van der Waals surface area contributed by atoms with E-state index in [4.69, 9.17) is 5.73 Å². The standard InChI is InChI=1S/C18H30N2OS/c1-18(2,12-7-10-15-8-5-4-6-9-15)14-20-17(21)16(19)11-13-22-3/h4-6,8-9,16H,7,10-14,19H2,1-3H3,(H,20,21)/t16-/m0/s1. The molecule has 0 aliphatic carbocycles. The van der Waals surface area contributed by atoms with Gasteiger partial charge >= 0.3 is 0 Å². The second-order valence-electron chi connectivity index (χ2n) is 6.61. The number of thioether (sulfide) groups is 1. The first-order chi connectivity index (χ1) is 10.4. The van der Waals surface area contributed by atoms with Crippen LogP contribution in [0, 0.1) is 5.41 Å². The van der Waals surface area contributed by atoms with E-state index < -0.39 is 0 Å². The van der Waals surface area contributed by atoms with Crippen LogP contribution < -0.4 is 11.1 Å². The third kappa shape index (κ3) is 7.85. The molecule has 0 unspecified atom stereocenters. The summed E-state index contributed by atoms with van der Waals surface area (Å²) in [7, 11) is 0. The van der Waals surface area contributed by atoms with Gasteiger partial charge in [0.25, 0.3) is 0 Å². The summed E-state index contributed by atoms with van der Waals surface area (Å²) in [6, 6.07) is 10.2. The molecule has 1 aromatic rings.